The second-order valence-corrected chi connectivity index (χ2v) is 6.64. The van der Waals surface area contributed by atoms with Gasteiger partial charge in [0, 0.05) is 33.6 Å². The first-order chi connectivity index (χ1) is 13.4. The summed E-state index contributed by atoms with van der Waals surface area (Å²) in [5, 5.41) is 2.30. The smallest absolute Gasteiger partial charge is 0.181 e. The maximum Gasteiger partial charge on any atom is 0.181 e. The standard InChI is InChI=1S/C23H14N2O2/c1-2-4-20-16(3-1)18(11-24-20)14-5-7-22-17(9-14)19(12-26-22)15-6-8-23-21(10-15)25-13-27-23/h1-13,24H. The topological polar surface area (TPSA) is 55.0 Å². The van der Waals surface area contributed by atoms with Crippen LogP contribution in [-0.4, -0.2) is 9.97 Å². The molecule has 3 aromatic heterocycles. The molecule has 0 amide bonds. The van der Waals surface area contributed by atoms with E-state index in [0.717, 1.165) is 44.3 Å². The minimum atomic E-state index is 0.783. The molecule has 0 aliphatic carbocycles. The highest BCUT2D eigenvalue weighted by atomic mass is 16.3. The summed E-state index contributed by atoms with van der Waals surface area (Å²) < 4.78 is 11.2. The predicted octanol–water partition coefficient (Wildman–Crippen LogP) is 6.39. The van der Waals surface area contributed by atoms with Crippen molar-refractivity contribution in [3.05, 3.63) is 79.5 Å². The fourth-order valence-corrected chi connectivity index (χ4v) is 3.76. The Bertz CT molecular complexity index is 1430. The Balaban J connectivity index is 1.56. The highest BCUT2D eigenvalue weighted by Gasteiger charge is 2.13. The Kier molecular flexibility index (Phi) is 2.85. The van der Waals surface area contributed by atoms with E-state index in [2.05, 4.69) is 46.5 Å². The molecule has 0 aliphatic heterocycles. The number of H-pyrrole nitrogens is 1. The van der Waals surface area contributed by atoms with Gasteiger partial charge in [-0.25, -0.2) is 4.98 Å². The molecule has 0 saturated heterocycles. The van der Waals surface area contributed by atoms with Gasteiger partial charge in [-0.05, 0) is 41.5 Å². The molecular weight excluding hydrogens is 336 g/mol. The summed E-state index contributed by atoms with van der Waals surface area (Å²) in [5.74, 6) is 0. The first kappa shape index (κ1) is 14.4. The third kappa shape index (κ3) is 2.13. The van der Waals surface area contributed by atoms with Gasteiger partial charge in [-0.3, -0.25) is 0 Å². The van der Waals surface area contributed by atoms with E-state index < -0.39 is 0 Å². The van der Waals surface area contributed by atoms with Crippen LogP contribution in [0.5, 0.6) is 0 Å². The second-order valence-electron chi connectivity index (χ2n) is 6.64. The SMILES string of the molecule is c1ccc2c(-c3ccc4occ(-c5ccc6ocnc6c5)c4c3)c[nH]c2c1. The van der Waals surface area contributed by atoms with Crippen LogP contribution in [0.4, 0.5) is 0 Å². The lowest BCUT2D eigenvalue weighted by Crippen LogP contribution is -1.79. The van der Waals surface area contributed by atoms with Gasteiger partial charge in [-0.1, -0.05) is 30.3 Å². The maximum absolute atomic E-state index is 5.81. The van der Waals surface area contributed by atoms with Gasteiger partial charge in [0.1, 0.15) is 11.1 Å². The number of nitrogens with zero attached hydrogens (tertiary/aromatic N) is 1. The highest BCUT2D eigenvalue weighted by molar-refractivity contribution is 6.01. The largest absolute Gasteiger partial charge is 0.464 e. The number of benzene rings is 3. The highest BCUT2D eigenvalue weighted by Crippen LogP contribution is 2.36. The number of para-hydroxylation sites is 1. The molecule has 3 aromatic carbocycles. The zero-order valence-electron chi connectivity index (χ0n) is 14.3. The zero-order chi connectivity index (χ0) is 17.8. The number of hydrogen-bond acceptors (Lipinski definition) is 3. The summed E-state index contributed by atoms with van der Waals surface area (Å²) in [6.45, 7) is 0. The summed E-state index contributed by atoms with van der Waals surface area (Å²) in [6, 6.07) is 20.7. The molecule has 4 heteroatoms. The van der Waals surface area contributed by atoms with Crippen LogP contribution in [0, 0.1) is 0 Å². The molecule has 0 spiro atoms. The molecule has 0 atom stereocenters. The fourth-order valence-electron chi connectivity index (χ4n) is 3.76. The van der Waals surface area contributed by atoms with Gasteiger partial charge in [0.25, 0.3) is 0 Å². The number of oxazole rings is 1. The van der Waals surface area contributed by atoms with Gasteiger partial charge in [0.05, 0.1) is 6.26 Å². The lowest BCUT2D eigenvalue weighted by Gasteiger charge is -2.02. The quantitative estimate of drug-likeness (QED) is 0.394. The third-order valence-corrected chi connectivity index (χ3v) is 5.12. The molecule has 6 aromatic rings. The molecule has 6 rings (SSSR count). The van der Waals surface area contributed by atoms with Gasteiger partial charge >= 0.3 is 0 Å². The zero-order valence-corrected chi connectivity index (χ0v) is 14.3. The summed E-state index contributed by atoms with van der Waals surface area (Å²) in [4.78, 5) is 7.61. The molecule has 3 heterocycles. The van der Waals surface area contributed by atoms with Crippen LogP contribution in [0.25, 0.3) is 55.2 Å². The molecule has 0 saturated carbocycles. The van der Waals surface area contributed by atoms with E-state index in [1.54, 1.807) is 0 Å². The predicted molar refractivity (Wildman–Crippen MR) is 107 cm³/mol. The molecule has 0 radical (unpaired) electrons. The van der Waals surface area contributed by atoms with Gasteiger partial charge < -0.3 is 13.8 Å². The van der Waals surface area contributed by atoms with Gasteiger partial charge in [-0.15, -0.1) is 0 Å². The van der Waals surface area contributed by atoms with E-state index in [-0.39, 0.29) is 0 Å². The van der Waals surface area contributed by atoms with E-state index in [1.165, 1.54) is 17.3 Å². The Hall–Kier alpha value is -3.79. The fraction of sp³-hybridized carbons (Fsp3) is 0. The van der Waals surface area contributed by atoms with E-state index in [0.29, 0.717) is 0 Å². The maximum atomic E-state index is 5.81. The molecule has 0 unspecified atom stereocenters. The Morgan fingerprint density at radius 2 is 1.59 bits per heavy atom. The second kappa shape index (κ2) is 5.35. The number of nitrogens with one attached hydrogen (secondary N) is 1. The van der Waals surface area contributed by atoms with Gasteiger partial charge in [0.2, 0.25) is 0 Å². The molecule has 128 valence electrons. The van der Waals surface area contributed by atoms with Crippen LogP contribution in [0.1, 0.15) is 0 Å². The summed E-state index contributed by atoms with van der Waals surface area (Å²) in [5.41, 5.74) is 8.09. The van der Waals surface area contributed by atoms with E-state index in [9.17, 15) is 0 Å². The van der Waals surface area contributed by atoms with Crippen LogP contribution < -0.4 is 0 Å². The van der Waals surface area contributed by atoms with Crippen molar-refractivity contribution >= 4 is 33.0 Å². The average molecular weight is 350 g/mol. The molecule has 27 heavy (non-hydrogen) atoms. The van der Waals surface area contributed by atoms with Crippen molar-refractivity contribution < 1.29 is 8.83 Å². The van der Waals surface area contributed by atoms with Crippen molar-refractivity contribution in [1.29, 1.82) is 0 Å². The number of fused-ring (bicyclic) bond motifs is 3. The number of rotatable bonds is 2. The molecule has 4 nitrogen and oxygen atoms in total. The van der Waals surface area contributed by atoms with Crippen LogP contribution in [-0.2, 0) is 0 Å². The van der Waals surface area contributed by atoms with E-state index >= 15 is 0 Å². The lowest BCUT2D eigenvalue weighted by atomic mass is 9.99. The number of furan rings is 1. The number of hydrogen-bond donors (Lipinski definition) is 1. The van der Waals surface area contributed by atoms with Crippen LogP contribution in [0.2, 0.25) is 0 Å². The Morgan fingerprint density at radius 3 is 2.56 bits per heavy atom. The monoisotopic (exact) mass is 350 g/mol. The van der Waals surface area contributed by atoms with Crippen LogP contribution >= 0.6 is 0 Å². The number of aromatic nitrogens is 2. The summed E-state index contributed by atoms with van der Waals surface area (Å²) in [6.07, 6.45) is 5.34. The normalized spacial score (nSPS) is 11.7. The van der Waals surface area contributed by atoms with Crippen molar-refractivity contribution in [3.63, 3.8) is 0 Å². The Labute approximate surface area is 154 Å². The minimum absolute atomic E-state index is 0.783. The third-order valence-electron chi connectivity index (χ3n) is 5.12. The summed E-state index contributed by atoms with van der Waals surface area (Å²) >= 11 is 0. The lowest BCUT2D eigenvalue weighted by molar-refractivity contribution is 0.602. The van der Waals surface area contributed by atoms with Crippen molar-refractivity contribution in [2.24, 2.45) is 0 Å². The molecule has 1 N–H and O–H groups in total. The van der Waals surface area contributed by atoms with Crippen LogP contribution in [0.15, 0.2) is 88.4 Å². The van der Waals surface area contributed by atoms with E-state index in [4.69, 9.17) is 8.83 Å². The summed E-state index contributed by atoms with van der Waals surface area (Å²) in [7, 11) is 0. The average Bonchev–Trinajstić information content (AvgIpc) is 3.44. The molecule has 0 fully saturated rings. The first-order valence-electron chi connectivity index (χ1n) is 8.78. The van der Waals surface area contributed by atoms with Crippen molar-refractivity contribution in [2.75, 3.05) is 0 Å². The van der Waals surface area contributed by atoms with Gasteiger partial charge in [0.15, 0.2) is 12.0 Å². The van der Waals surface area contributed by atoms with Gasteiger partial charge in [-0.2, -0.15) is 0 Å². The minimum Gasteiger partial charge on any atom is -0.464 e. The van der Waals surface area contributed by atoms with Crippen LogP contribution in [0.3, 0.4) is 0 Å². The van der Waals surface area contributed by atoms with Crippen molar-refractivity contribution in [2.45, 2.75) is 0 Å². The van der Waals surface area contributed by atoms with E-state index in [1.807, 2.05) is 36.6 Å². The molecular formula is C23H14N2O2. The van der Waals surface area contributed by atoms with Crippen molar-refractivity contribution in [3.8, 4) is 22.3 Å². The first-order valence-corrected chi connectivity index (χ1v) is 8.78. The Morgan fingerprint density at radius 1 is 0.741 bits per heavy atom. The number of aromatic amines is 1. The van der Waals surface area contributed by atoms with Crippen molar-refractivity contribution in [1.82, 2.24) is 9.97 Å². The molecule has 0 bridgehead atoms. The molecule has 0 aliphatic rings.